The predicted molar refractivity (Wildman–Crippen MR) is 78.5 cm³/mol. The van der Waals surface area contributed by atoms with Crippen molar-refractivity contribution < 1.29 is 9.90 Å². The second kappa shape index (κ2) is 4.48. The maximum Gasteiger partial charge on any atom is 0.256 e. The Morgan fingerprint density at radius 3 is 2.65 bits per heavy atom. The van der Waals surface area contributed by atoms with Gasteiger partial charge in [-0.1, -0.05) is 6.07 Å². The molecule has 0 spiro atoms. The number of fused-ring (bicyclic) bond motifs is 1. The van der Waals surface area contributed by atoms with E-state index in [1.165, 1.54) is 5.56 Å². The third kappa shape index (κ3) is 2.08. The molecular formula is C16H22N2O2. The van der Waals surface area contributed by atoms with E-state index in [9.17, 15) is 9.90 Å². The van der Waals surface area contributed by atoms with Crippen LogP contribution >= 0.6 is 0 Å². The normalized spacial score (nSPS) is 29.6. The standard InChI is InChI=1S/C16H22N2O2/c1-16(20)7-5-10(6-8-16)11-3-4-13(17)14-12(11)9-18(2)15(14)19/h3-4,10,20H,5-9,17H2,1-2H3. The summed E-state index contributed by atoms with van der Waals surface area (Å²) in [4.78, 5) is 13.9. The highest BCUT2D eigenvalue weighted by Gasteiger charge is 2.34. The summed E-state index contributed by atoms with van der Waals surface area (Å²) in [6, 6.07) is 3.93. The number of amides is 1. The molecule has 108 valence electrons. The molecule has 3 N–H and O–H groups in total. The molecule has 0 bridgehead atoms. The molecule has 2 aliphatic rings. The van der Waals surface area contributed by atoms with Crippen molar-refractivity contribution in [3.05, 3.63) is 28.8 Å². The molecular weight excluding hydrogens is 252 g/mol. The summed E-state index contributed by atoms with van der Waals surface area (Å²) in [6.45, 7) is 2.56. The topological polar surface area (TPSA) is 66.6 Å². The summed E-state index contributed by atoms with van der Waals surface area (Å²) >= 11 is 0. The Labute approximate surface area is 119 Å². The fraction of sp³-hybridized carbons (Fsp3) is 0.562. The van der Waals surface area contributed by atoms with Crippen LogP contribution in [0.4, 0.5) is 5.69 Å². The van der Waals surface area contributed by atoms with Crippen LogP contribution in [0.2, 0.25) is 0 Å². The molecule has 1 aliphatic carbocycles. The third-order valence-corrected chi connectivity index (χ3v) is 4.84. The number of aliphatic hydroxyl groups is 1. The van der Waals surface area contributed by atoms with Gasteiger partial charge in [-0.15, -0.1) is 0 Å². The molecule has 4 heteroatoms. The average Bonchev–Trinajstić information content (AvgIpc) is 2.68. The van der Waals surface area contributed by atoms with Gasteiger partial charge in [0.1, 0.15) is 0 Å². The van der Waals surface area contributed by atoms with Crippen LogP contribution in [0, 0.1) is 0 Å². The van der Waals surface area contributed by atoms with Crippen LogP contribution < -0.4 is 5.73 Å². The lowest BCUT2D eigenvalue weighted by Crippen LogP contribution is -2.29. The van der Waals surface area contributed by atoms with E-state index in [-0.39, 0.29) is 5.91 Å². The van der Waals surface area contributed by atoms with Crippen molar-refractivity contribution in [2.75, 3.05) is 12.8 Å². The number of nitrogen functional groups attached to an aromatic ring is 1. The number of hydrogen-bond donors (Lipinski definition) is 2. The Balaban J connectivity index is 1.95. The van der Waals surface area contributed by atoms with Crippen molar-refractivity contribution in [1.82, 2.24) is 4.90 Å². The maximum absolute atomic E-state index is 12.2. The van der Waals surface area contributed by atoms with E-state index in [0.29, 0.717) is 23.7 Å². The summed E-state index contributed by atoms with van der Waals surface area (Å²) in [6.07, 6.45) is 3.59. The Morgan fingerprint density at radius 2 is 2.00 bits per heavy atom. The summed E-state index contributed by atoms with van der Waals surface area (Å²) in [7, 11) is 1.82. The SMILES string of the molecule is CN1Cc2c(C3CCC(C)(O)CC3)ccc(N)c2C1=O. The number of carbonyl (C=O) groups is 1. The third-order valence-electron chi connectivity index (χ3n) is 4.84. The van der Waals surface area contributed by atoms with Crippen molar-refractivity contribution in [3.8, 4) is 0 Å². The summed E-state index contributed by atoms with van der Waals surface area (Å²) in [5, 5.41) is 10.1. The highest BCUT2D eigenvalue weighted by atomic mass is 16.3. The second-order valence-corrected chi connectivity index (χ2v) is 6.53. The van der Waals surface area contributed by atoms with Gasteiger partial charge in [-0.25, -0.2) is 0 Å². The van der Waals surface area contributed by atoms with Crippen LogP contribution in [0.3, 0.4) is 0 Å². The number of hydrogen-bond acceptors (Lipinski definition) is 3. The van der Waals surface area contributed by atoms with Crippen molar-refractivity contribution in [2.45, 2.75) is 50.7 Å². The van der Waals surface area contributed by atoms with Crippen LogP contribution in [-0.4, -0.2) is 28.6 Å². The average molecular weight is 274 g/mol. The number of nitrogens with two attached hydrogens (primary N) is 1. The van der Waals surface area contributed by atoms with Crippen molar-refractivity contribution in [3.63, 3.8) is 0 Å². The van der Waals surface area contributed by atoms with Crippen LogP contribution in [-0.2, 0) is 6.54 Å². The summed E-state index contributed by atoms with van der Waals surface area (Å²) in [5.41, 5.74) is 9.08. The van der Waals surface area contributed by atoms with Crippen LogP contribution in [0.25, 0.3) is 0 Å². The van der Waals surface area contributed by atoms with E-state index < -0.39 is 5.60 Å². The van der Waals surface area contributed by atoms with Gasteiger partial charge in [-0.2, -0.15) is 0 Å². The summed E-state index contributed by atoms with van der Waals surface area (Å²) < 4.78 is 0. The van der Waals surface area contributed by atoms with Crippen molar-refractivity contribution in [1.29, 1.82) is 0 Å². The molecule has 0 unspecified atom stereocenters. The summed E-state index contributed by atoms with van der Waals surface area (Å²) in [5.74, 6) is 0.464. The van der Waals surface area contributed by atoms with E-state index >= 15 is 0 Å². The molecule has 3 rings (SSSR count). The van der Waals surface area contributed by atoms with E-state index in [1.807, 2.05) is 20.0 Å². The minimum Gasteiger partial charge on any atom is -0.398 e. The fourth-order valence-corrected chi connectivity index (χ4v) is 3.54. The minimum atomic E-state index is -0.528. The largest absolute Gasteiger partial charge is 0.398 e. The Kier molecular flexibility index (Phi) is 3.01. The van der Waals surface area contributed by atoms with E-state index in [1.54, 1.807) is 4.90 Å². The number of rotatable bonds is 1. The first-order valence-electron chi connectivity index (χ1n) is 7.28. The second-order valence-electron chi connectivity index (χ2n) is 6.53. The lowest BCUT2D eigenvalue weighted by molar-refractivity contribution is 0.0171. The molecule has 1 fully saturated rings. The Bertz CT molecular complexity index is 556. The van der Waals surface area contributed by atoms with Gasteiger partial charge in [0.2, 0.25) is 0 Å². The highest BCUT2D eigenvalue weighted by Crippen LogP contribution is 2.42. The fourth-order valence-electron chi connectivity index (χ4n) is 3.54. The maximum atomic E-state index is 12.2. The van der Waals surface area contributed by atoms with Gasteiger partial charge in [0.05, 0.1) is 11.2 Å². The number of carbonyl (C=O) groups excluding carboxylic acids is 1. The van der Waals surface area contributed by atoms with Gasteiger partial charge in [0, 0.05) is 19.3 Å². The molecule has 1 amide bonds. The molecule has 0 saturated heterocycles. The minimum absolute atomic E-state index is 0.0298. The first kappa shape index (κ1) is 13.4. The smallest absolute Gasteiger partial charge is 0.256 e. The first-order chi connectivity index (χ1) is 9.39. The molecule has 1 heterocycles. The molecule has 1 aromatic carbocycles. The molecule has 1 aliphatic heterocycles. The number of nitrogens with zero attached hydrogens (tertiary/aromatic N) is 1. The van der Waals surface area contributed by atoms with Crippen molar-refractivity contribution >= 4 is 11.6 Å². The van der Waals surface area contributed by atoms with Crippen LogP contribution in [0.5, 0.6) is 0 Å². The lowest BCUT2D eigenvalue weighted by atomic mass is 9.75. The molecule has 0 atom stereocenters. The van der Waals surface area contributed by atoms with Gasteiger partial charge in [-0.3, -0.25) is 4.79 Å². The van der Waals surface area contributed by atoms with E-state index in [4.69, 9.17) is 5.73 Å². The van der Waals surface area contributed by atoms with Gasteiger partial charge in [0.15, 0.2) is 0 Å². The van der Waals surface area contributed by atoms with E-state index in [2.05, 4.69) is 6.07 Å². The zero-order valence-corrected chi connectivity index (χ0v) is 12.1. The van der Waals surface area contributed by atoms with Gasteiger partial charge in [0.25, 0.3) is 5.91 Å². The Morgan fingerprint density at radius 1 is 1.35 bits per heavy atom. The molecule has 0 aromatic heterocycles. The first-order valence-corrected chi connectivity index (χ1v) is 7.28. The molecule has 4 nitrogen and oxygen atoms in total. The molecule has 20 heavy (non-hydrogen) atoms. The van der Waals surface area contributed by atoms with Gasteiger partial charge >= 0.3 is 0 Å². The molecule has 1 saturated carbocycles. The zero-order valence-electron chi connectivity index (χ0n) is 12.1. The predicted octanol–water partition coefficient (Wildman–Crippen LogP) is 2.26. The quantitative estimate of drug-likeness (QED) is 0.772. The molecule has 1 aromatic rings. The van der Waals surface area contributed by atoms with Gasteiger partial charge < -0.3 is 15.7 Å². The number of anilines is 1. The van der Waals surface area contributed by atoms with Crippen LogP contribution in [0.15, 0.2) is 12.1 Å². The number of benzene rings is 1. The Hall–Kier alpha value is -1.55. The monoisotopic (exact) mass is 274 g/mol. The lowest BCUT2D eigenvalue weighted by Gasteiger charge is -2.34. The van der Waals surface area contributed by atoms with Gasteiger partial charge in [-0.05, 0) is 55.7 Å². The van der Waals surface area contributed by atoms with E-state index in [0.717, 1.165) is 31.2 Å². The molecule has 0 radical (unpaired) electrons. The highest BCUT2D eigenvalue weighted by molar-refractivity contribution is 6.03. The van der Waals surface area contributed by atoms with Crippen LogP contribution in [0.1, 0.15) is 60.0 Å². The van der Waals surface area contributed by atoms with Crippen molar-refractivity contribution in [2.24, 2.45) is 0 Å². The zero-order chi connectivity index (χ0) is 14.5.